The molecule has 55 heavy (non-hydrogen) atoms. The van der Waals surface area contributed by atoms with E-state index in [2.05, 4.69) is 0 Å². The molecule has 5 aliphatic rings. The number of esters is 1. The molecule has 16 heteroatoms. The quantitative estimate of drug-likeness (QED) is 0.287. The number of aliphatic hydroxyl groups is 1. The third-order valence-corrected chi connectivity index (χ3v) is 13.1. The molecule has 5 heterocycles. The first kappa shape index (κ1) is 43.5. The summed E-state index contributed by atoms with van der Waals surface area (Å²) in [6, 6.07) is -0.321. The van der Waals surface area contributed by atoms with Crippen LogP contribution in [0.5, 0.6) is 0 Å². The van der Waals surface area contributed by atoms with Crippen molar-refractivity contribution in [2.24, 2.45) is 23.7 Å². The maximum atomic E-state index is 14.4. The van der Waals surface area contributed by atoms with Crippen molar-refractivity contribution in [2.45, 2.75) is 179 Å². The predicted molar refractivity (Wildman–Crippen MR) is 193 cm³/mol. The average Bonchev–Trinajstić information content (AvgIpc) is 3.61. The van der Waals surface area contributed by atoms with Gasteiger partial charge in [-0.05, 0) is 60.8 Å². The molecule has 0 unspecified atom stereocenters. The highest BCUT2D eigenvalue weighted by atomic mass is 16.8. The van der Waals surface area contributed by atoms with Crippen LogP contribution in [0.2, 0.25) is 0 Å². The van der Waals surface area contributed by atoms with E-state index in [1.807, 2.05) is 20.8 Å². The minimum Gasteiger partial charge on any atom is -0.458 e. The number of ketones is 1. The van der Waals surface area contributed by atoms with Crippen molar-refractivity contribution in [3.05, 3.63) is 0 Å². The lowest BCUT2D eigenvalue weighted by Gasteiger charge is -2.49. The van der Waals surface area contributed by atoms with Crippen molar-refractivity contribution in [1.82, 2.24) is 4.90 Å². The van der Waals surface area contributed by atoms with E-state index in [0.717, 1.165) is 0 Å². The molecule has 0 spiro atoms. The van der Waals surface area contributed by atoms with Gasteiger partial charge in [-0.25, -0.2) is 9.59 Å². The predicted octanol–water partition coefficient (Wildman–Crippen LogP) is 4.15. The Bertz CT molecular complexity index is 1430. The number of amides is 1. The first-order valence-corrected chi connectivity index (χ1v) is 19.6. The Morgan fingerprint density at radius 2 is 1.51 bits per heavy atom. The summed E-state index contributed by atoms with van der Waals surface area (Å²) in [6.07, 6.45) is -9.18. The maximum Gasteiger partial charge on any atom is 0.509 e. The van der Waals surface area contributed by atoms with Gasteiger partial charge in [-0.1, -0.05) is 27.7 Å². The van der Waals surface area contributed by atoms with Crippen molar-refractivity contribution in [3.8, 4) is 0 Å². The molecule has 5 rings (SSSR count). The van der Waals surface area contributed by atoms with E-state index in [1.54, 1.807) is 60.4 Å². The van der Waals surface area contributed by atoms with E-state index in [1.165, 1.54) is 14.2 Å². The number of carbonyl (C=O) groups excluding carboxylic acids is 4. The van der Waals surface area contributed by atoms with Gasteiger partial charge in [-0.15, -0.1) is 0 Å². The Morgan fingerprint density at radius 1 is 0.855 bits per heavy atom. The molecule has 314 valence electrons. The van der Waals surface area contributed by atoms with Gasteiger partial charge in [-0.3, -0.25) is 9.59 Å². The third-order valence-electron chi connectivity index (χ3n) is 13.1. The Kier molecular flexibility index (Phi) is 12.9. The second-order valence-corrected chi connectivity index (χ2v) is 17.0. The van der Waals surface area contributed by atoms with E-state index >= 15 is 0 Å². The van der Waals surface area contributed by atoms with Gasteiger partial charge in [0.15, 0.2) is 30.4 Å². The number of methoxy groups -OCH3 is 2. The molecule has 0 aliphatic carbocycles. The molecule has 5 saturated heterocycles. The molecule has 1 N–H and O–H groups in total. The molecule has 5 aliphatic heterocycles. The van der Waals surface area contributed by atoms with Crippen molar-refractivity contribution in [3.63, 3.8) is 0 Å². The van der Waals surface area contributed by atoms with Crippen LogP contribution in [0, 0.1) is 23.7 Å². The summed E-state index contributed by atoms with van der Waals surface area (Å²) in [4.78, 5) is 55.8. The monoisotopic (exact) mass is 785 g/mol. The van der Waals surface area contributed by atoms with Crippen LogP contribution >= 0.6 is 0 Å². The SMILES string of the molecule is CC[C@H]1OC(=O)[C@H](C)[C@@H](O[C@H]2C[C@@](C)(OC)[C@@H](O)[C@H](C)O2)[C@H](C)[C@@H](O[C@@H]2O[C@H](C)C[C@H]3[C@H]2OC(=O)N3C)[C@](C)(OC)C[C@@H](C)C(=O)[C@H](C)[C@@H]2OC(=O)O[C@]12C. The smallest absolute Gasteiger partial charge is 0.458 e. The number of ether oxygens (including phenoxy) is 10. The zero-order valence-corrected chi connectivity index (χ0v) is 34.6. The lowest BCUT2D eigenvalue weighted by Crippen LogP contribution is -2.60. The minimum atomic E-state index is -1.48. The lowest BCUT2D eigenvalue weighted by atomic mass is 9.74. The highest BCUT2D eigenvalue weighted by Crippen LogP contribution is 2.44. The summed E-state index contributed by atoms with van der Waals surface area (Å²) in [7, 11) is 4.70. The van der Waals surface area contributed by atoms with Gasteiger partial charge in [0.25, 0.3) is 0 Å². The molecule has 16 nitrogen and oxygen atoms in total. The number of Topliss-reactive ketones (excluding diaryl/α,β-unsaturated/α-hetero) is 1. The zero-order chi connectivity index (χ0) is 40.9. The number of hydrogen-bond donors (Lipinski definition) is 1. The number of carbonyl (C=O) groups is 4. The van der Waals surface area contributed by atoms with Gasteiger partial charge in [-0.2, -0.15) is 0 Å². The van der Waals surface area contributed by atoms with E-state index in [9.17, 15) is 24.3 Å². The molecular weight excluding hydrogens is 722 g/mol. The van der Waals surface area contributed by atoms with Gasteiger partial charge in [0, 0.05) is 39.5 Å². The number of cyclic esters (lactones) is 1. The van der Waals surface area contributed by atoms with Crippen molar-refractivity contribution >= 4 is 24.0 Å². The van der Waals surface area contributed by atoms with Crippen LogP contribution in [0.25, 0.3) is 0 Å². The van der Waals surface area contributed by atoms with Gasteiger partial charge >= 0.3 is 18.2 Å². The van der Waals surface area contributed by atoms with E-state index < -0.39 is 114 Å². The zero-order valence-electron chi connectivity index (χ0n) is 34.6. The number of fused-ring (bicyclic) bond motifs is 2. The summed E-state index contributed by atoms with van der Waals surface area (Å²) in [5.41, 5.74) is -3.77. The molecular formula is C39H63NO15. The van der Waals surface area contributed by atoms with E-state index in [0.29, 0.717) is 6.42 Å². The standard InChI is InChI=1S/C39H63NO15/c1-14-25-39(10)32(54-36(45)55-39)20(4)27(41)18(2)16-38(9,47-13)31(53-34-29-24(15-19(3)48-34)40(11)35(44)52-29)21(5)28(22(6)33(43)50-25)51-26-17-37(8,46-12)30(42)23(7)49-26/h18-26,28-32,34,42H,14-17H2,1-13H3/t18-,19-,20+,21+,22-,23+,24+,25-,26+,28+,29-,30+,31-,32+,34+,37-,38-,39-/m1/s1. The van der Waals surface area contributed by atoms with E-state index in [-0.39, 0.29) is 37.2 Å². The Balaban J connectivity index is 1.62. The molecule has 0 aromatic carbocycles. The molecule has 0 radical (unpaired) electrons. The topological polar surface area (TPSA) is 184 Å². The fraction of sp³-hybridized carbons (Fsp3) is 0.897. The van der Waals surface area contributed by atoms with E-state index in [4.69, 9.17) is 47.4 Å². The van der Waals surface area contributed by atoms with Crippen molar-refractivity contribution in [2.75, 3.05) is 21.3 Å². The summed E-state index contributed by atoms with van der Waals surface area (Å²) < 4.78 is 61.7. The molecule has 0 saturated carbocycles. The van der Waals surface area contributed by atoms with Crippen LogP contribution in [0.4, 0.5) is 9.59 Å². The molecule has 0 bridgehead atoms. The average molecular weight is 786 g/mol. The fourth-order valence-corrected chi connectivity index (χ4v) is 9.52. The largest absolute Gasteiger partial charge is 0.509 e. The molecule has 1 amide bonds. The summed E-state index contributed by atoms with van der Waals surface area (Å²) in [6.45, 7) is 17.6. The molecule has 5 fully saturated rings. The second-order valence-electron chi connectivity index (χ2n) is 17.0. The normalized spacial score (nSPS) is 48.5. The van der Waals surface area contributed by atoms with Crippen molar-refractivity contribution < 1.29 is 71.7 Å². The van der Waals surface area contributed by atoms with Crippen LogP contribution in [0.15, 0.2) is 0 Å². The van der Waals surface area contributed by atoms with Gasteiger partial charge in [0.1, 0.15) is 18.0 Å². The third kappa shape index (κ3) is 8.11. The number of nitrogens with zero attached hydrogens (tertiary/aromatic N) is 1. The summed E-state index contributed by atoms with van der Waals surface area (Å²) in [5.74, 6) is -4.11. The summed E-state index contributed by atoms with van der Waals surface area (Å²) >= 11 is 0. The van der Waals surface area contributed by atoms with Crippen LogP contribution < -0.4 is 0 Å². The lowest BCUT2D eigenvalue weighted by molar-refractivity contribution is -0.315. The number of aliphatic hydroxyl groups excluding tert-OH is 1. The number of likely N-dealkylation sites (N-methyl/N-ethyl adjacent to an activating group) is 1. The summed E-state index contributed by atoms with van der Waals surface area (Å²) in [5, 5.41) is 11.0. The van der Waals surface area contributed by atoms with Crippen molar-refractivity contribution in [1.29, 1.82) is 0 Å². The Morgan fingerprint density at radius 3 is 2.13 bits per heavy atom. The highest BCUT2D eigenvalue weighted by Gasteiger charge is 2.60. The van der Waals surface area contributed by atoms with Gasteiger partial charge in [0.05, 0.1) is 53.5 Å². The van der Waals surface area contributed by atoms with Crippen LogP contribution in [-0.2, 0) is 57.0 Å². The van der Waals surface area contributed by atoms with Gasteiger partial charge < -0.3 is 57.4 Å². The number of hydrogen-bond acceptors (Lipinski definition) is 15. The maximum absolute atomic E-state index is 14.4. The molecule has 0 aromatic heterocycles. The fourth-order valence-electron chi connectivity index (χ4n) is 9.52. The Labute approximate surface area is 324 Å². The minimum absolute atomic E-state index is 0.121. The number of rotatable bonds is 7. The second kappa shape index (κ2) is 16.3. The van der Waals surface area contributed by atoms with Crippen LogP contribution in [0.3, 0.4) is 0 Å². The molecule has 18 atom stereocenters. The molecule has 0 aromatic rings. The van der Waals surface area contributed by atoms with Gasteiger partial charge in [0.2, 0.25) is 0 Å². The first-order valence-electron chi connectivity index (χ1n) is 19.6. The first-order chi connectivity index (χ1) is 25.6. The van der Waals surface area contributed by atoms with Crippen LogP contribution in [0.1, 0.15) is 94.9 Å². The van der Waals surface area contributed by atoms with Crippen LogP contribution in [-0.4, -0.2) is 140 Å². The Hall–Kier alpha value is -2.60. The highest BCUT2D eigenvalue weighted by molar-refractivity contribution is 5.84.